The quantitative estimate of drug-likeness (QED) is 0.678. The minimum atomic E-state index is -0.0649. The van der Waals surface area contributed by atoms with Gasteiger partial charge >= 0.3 is 0 Å². The normalized spacial score (nSPS) is 21.7. The molecule has 2 amide bonds. The van der Waals surface area contributed by atoms with Crippen LogP contribution in [-0.4, -0.2) is 29.4 Å². The molecule has 74 valence electrons. The second-order valence-electron chi connectivity index (χ2n) is 3.29. The number of likely N-dealkylation sites (tertiary alicyclic amines) is 1. The average molecular weight is 184 g/mol. The Morgan fingerprint density at radius 1 is 1.54 bits per heavy atom. The van der Waals surface area contributed by atoms with Crippen molar-refractivity contribution in [3.8, 4) is 0 Å². The first-order valence-electron chi connectivity index (χ1n) is 4.71. The van der Waals surface area contributed by atoms with Gasteiger partial charge < -0.3 is 10.2 Å². The van der Waals surface area contributed by atoms with E-state index in [4.69, 9.17) is 0 Å². The minimum absolute atomic E-state index is 0.0122. The van der Waals surface area contributed by atoms with Gasteiger partial charge in [0.2, 0.25) is 11.8 Å². The maximum absolute atomic E-state index is 11.1. The van der Waals surface area contributed by atoms with Crippen LogP contribution in [0.1, 0.15) is 33.1 Å². The predicted molar refractivity (Wildman–Crippen MR) is 48.8 cm³/mol. The number of amides is 2. The molecule has 1 N–H and O–H groups in total. The van der Waals surface area contributed by atoms with Crippen molar-refractivity contribution in [3.05, 3.63) is 0 Å². The van der Waals surface area contributed by atoms with E-state index in [9.17, 15) is 9.59 Å². The van der Waals surface area contributed by atoms with Crippen LogP contribution in [0.5, 0.6) is 0 Å². The molecule has 0 aromatic rings. The van der Waals surface area contributed by atoms with E-state index in [1.165, 1.54) is 6.92 Å². The van der Waals surface area contributed by atoms with Crippen LogP contribution < -0.4 is 5.32 Å². The number of carbonyl (C=O) groups is 2. The molecule has 4 heteroatoms. The van der Waals surface area contributed by atoms with Gasteiger partial charge in [0.25, 0.3) is 0 Å². The summed E-state index contributed by atoms with van der Waals surface area (Å²) in [5.41, 5.74) is 0. The number of hydrogen-bond donors (Lipinski definition) is 1. The highest BCUT2D eigenvalue weighted by Crippen LogP contribution is 2.14. The second kappa shape index (κ2) is 4.25. The van der Waals surface area contributed by atoms with Gasteiger partial charge in [-0.1, -0.05) is 6.92 Å². The Kier molecular flexibility index (Phi) is 3.28. The van der Waals surface area contributed by atoms with Crippen molar-refractivity contribution in [2.24, 2.45) is 0 Å². The summed E-state index contributed by atoms with van der Waals surface area (Å²) < 4.78 is 0. The van der Waals surface area contributed by atoms with Gasteiger partial charge in [0.15, 0.2) is 0 Å². The third kappa shape index (κ3) is 2.44. The Bertz CT molecular complexity index is 216. The van der Waals surface area contributed by atoms with Gasteiger partial charge in [-0.2, -0.15) is 0 Å². The highest BCUT2D eigenvalue weighted by atomic mass is 16.2. The molecule has 1 rings (SSSR count). The number of hydrogen-bond acceptors (Lipinski definition) is 2. The molecular formula is C9H16N2O2. The van der Waals surface area contributed by atoms with Crippen molar-refractivity contribution in [1.29, 1.82) is 0 Å². The molecule has 1 fully saturated rings. The Morgan fingerprint density at radius 2 is 2.23 bits per heavy atom. The Labute approximate surface area is 78.3 Å². The van der Waals surface area contributed by atoms with Crippen molar-refractivity contribution >= 4 is 11.8 Å². The third-order valence-corrected chi connectivity index (χ3v) is 2.31. The molecule has 0 saturated carbocycles. The minimum Gasteiger partial charge on any atom is -0.336 e. The van der Waals surface area contributed by atoms with Gasteiger partial charge in [0.1, 0.15) is 6.17 Å². The lowest BCUT2D eigenvalue weighted by Gasteiger charge is -2.23. The van der Waals surface area contributed by atoms with Crippen LogP contribution in [0, 0.1) is 0 Å². The Hall–Kier alpha value is -1.06. The Morgan fingerprint density at radius 3 is 2.77 bits per heavy atom. The first-order chi connectivity index (χ1) is 6.15. The zero-order chi connectivity index (χ0) is 9.84. The molecule has 1 atom stereocenters. The summed E-state index contributed by atoms with van der Waals surface area (Å²) in [6.07, 6.45) is 2.27. The standard InChI is InChI=1S/C9H16N2O2/c1-3-9(13)10-8-5-4-6-11(8)7(2)12/h8H,3-6H2,1-2H3,(H,10,13). The summed E-state index contributed by atoms with van der Waals surface area (Å²) in [4.78, 5) is 23.9. The van der Waals surface area contributed by atoms with E-state index in [1.54, 1.807) is 4.90 Å². The summed E-state index contributed by atoms with van der Waals surface area (Å²) in [5.74, 6) is 0.0528. The monoisotopic (exact) mass is 184 g/mol. The van der Waals surface area contributed by atoms with Crippen LogP contribution in [0.25, 0.3) is 0 Å². The lowest BCUT2D eigenvalue weighted by Crippen LogP contribution is -2.46. The molecule has 0 radical (unpaired) electrons. The fraction of sp³-hybridized carbons (Fsp3) is 0.778. The SMILES string of the molecule is CCC(=O)NC1CCCN1C(C)=O. The lowest BCUT2D eigenvalue weighted by atomic mass is 10.3. The molecule has 1 saturated heterocycles. The van der Waals surface area contributed by atoms with Crippen molar-refractivity contribution in [2.75, 3.05) is 6.54 Å². The first kappa shape index (κ1) is 10.0. The lowest BCUT2D eigenvalue weighted by molar-refractivity contribution is -0.131. The number of rotatable bonds is 2. The van der Waals surface area contributed by atoms with E-state index in [-0.39, 0.29) is 18.0 Å². The van der Waals surface area contributed by atoms with Gasteiger partial charge in [-0.3, -0.25) is 9.59 Å². The van der Waals surface area contributed by atoms with Crippen LogP contribution in [0.2, 0.25) is 0 Å². The molecule has 0 aromatic heterocycles. The van der Waals surface area contributed by atoms with E-state index in [0.717, 1.165) is 19.4 Å². The van der Waals surface area contributed by atoms with Crippen LogP contribution in [-0.2, 0) is 9.59 Å². The largest absolute Gasteiger partial charge is 0.336 e. The number of carbonyl (C=O) groups excluding carboxylic acids is 2. The fourth-order valence-corrected chi connectivity index (χ4v) is 1.58. The van der Waals surface area contributed by atoms with Crippen LogP contribution in [0.4, 0.5) is 0 Å². The zero-order valence-electron chi connectivity index (χ0n) is 8.17. The van der Waals surface area contributed by atoms with E-state index < -0.39 is 0 Å². The van der Waals surface area contributed by atoms with Gasteiger partial charge in [-0.05, 0) is 12.8 Å². The fourth-order valence-electron chi connectivity index (χ4n) is 1.58. The van der Waals surface area contributed by atoms with E-state index in [2.05, 4.69) is 5.32 Å². The van der Waals surface area contributed by atoms with Crippen LogP contribution in [0.3, 0.4) is 0 Å². The molecule has 1 heterocycles. The first-order valence-corrected chi connectivity index (χ1v) is 4.71. The maximum atomic E-state index is 11.1. The van der Waals surface area contributed by atoms with Crippen molar-refractivity contribution in [1.82, 2.24) is 10.2 Å². The molecule has 0 bridgehead atoms. The second-order valence-corrected chi connectivity index (χ2v) is 3.29. The predicted octanol–water partition coefficient (Wildman–Crippen LogP) is 0.481. The van der Waals surface area contributed by atoms with Gasteiger partial charge in [0, 0.05) is 19.9 Å². The van der Waals surface area contributed by atoms with Crippen molar-refractivity contribution < 1.29 is 9.59 Å². The maximum Gasteiger partial charge on any atom is 0.221 e. The molecule has 0 aliphatic carbocycles. The summed E-state index contributed by atoms with van der Waals surface area (Å²) in [6.45, 7) is 4.11. The highest BCUT2D eigenvalue weighted by Gasteiger charge is 2.26. The van der Waals surface area contributed by atoms with Gasteiger partial charge in [0.05, 0.1) is 0 Å². The highest BCUT2D eigenvalue weighted by molar-refractivity contribution is 5.78. The molecule has 0 aromatic carbocycles. The molecule has 13 heavy (non-hydrogen) atoms. The van der Waals surface area contributed by atoms with Crippen molar-refractivity contribution in [3.63, 3.8) is 0 Å². The summed E-state index contributed by atoms with van der Waals surface area (Å²) in [5, 5.41) is 2.83. The van der Waals surface area contributed by atoms with E-state index >= 15 is 0 Å². The number of nitrogens with one attached hydrogen (secondary N) is 1. The molecule has 1 aliphatic rings. The Balaban J connectivity index is 2.48. The van der Waals surface area contributed by atoms with E-state index in [0.29, 0.717) is 6.42 Å². The summed E-state index contributed by atoms with van der Waals surface area (Å²) in [7, 11) is 0. The number of nitrogens with zero attached hydrogens (tertiary/aromatic N) is 1. The average Bonchev–Trinajstić information content (AvgIpc) is 2.52. The van der Waals surface area contributed by atoms with Crippen LogP contribution in [0.15, 0.2) is 0 Å². The van der Waals surface area contributed by atoms with Gasteiger partial charge in [-0.25, -0.2) is 0 Å². The molecular weight excluding hydrogens is 168 g/mol. The molecule has 1 unspecified atom stereocenters. The van der Waals surface area contributed by atoms with Crippen LogP contribution >= 0.6 is 0 Å². The van der Waals surface area contributed by atoms with Gasteiger partial charge in [-0.15, -0.1) is 0 Å². The molecule has 1 aliphatic heterocycles. The molecule has 0 spiro atoms. The zero-order valence-corrected chi connectivity index (χ0v) is 8.17. The van der Waals surface area contributed by atoms with Crippen molar-refractivity contribution in [2.45, 2.75) is 39.3 Å². The summed E-state index contributed by atoms with van der Waals surface area (Å²) in [6, 6.07) is 0. The smallest absolute Gasteiger partial charge is 0.221 e. The summed E-state index contributed by atoms with van der Waals surface area (Å²) >= 11 is 0. The van der Waals surface area contributed by atoms with E-state index in [1.807, 2.05) is 6.92 Å². The molecule has 4 nitrogen and oxygen atoms in total. The topological polar surface area (TPSA) is 49.4 Å². The third-order valence-electron chi connectivity index (χ3n) is 2.31.